The minimum Gasteiger partial charge on any atom is -0.454 e. The van der Waals surface area contributed by atoms with Crippen LogP contribution in [0.25, 0.3) is 11.3 Å². The van der Waals surface area contributed by atoms with Gasteiger partial charge in [-0.25, -0.2) is 0 Å². The summed E-state index contributed by atoms with van der Waals surface area (Å²) in [5.74, 6) is 1.26. The highest BCUT2D eigenvalue weighted by Gasteiger charge is 2.18. The quantitative estimate of drug-likeness (QED) is 0.652. The summed E-state index contributed by atoms with van der Waals surface area (Å²) in [6, 6.07) is 17.2. The number of benzene rings is 2. The smallest absolute Gasteiger partial charge is 0.240 e. The first kappa shape index (κ1) is 18.8. The number of carbonyl (C=O) groups excluding carboxylic acids is 2. The molecule has 1 amide bonds. The zero-order chi connectivity index (χ0) is 20.4. The van der Waals surface area contributed by atoms with E-state index in [1.807, 2.05) is 66.1 Å². The van der Waals surface area contributed by atoms with Gasteiger partial charge < -0.3 is 19.4 Å². The minimum absolute atomic E-state index is 0.0146. The third kappa shape index (κ3) is 3.87. The SMILES string of the molecule is CC(=O)c1cc(-c2ccccc2)n(CC(=O)NCc2ccc3c(c2)OCO3)c1C. The number of rotatable bonds is 6. The van der Waals surface area contributed by atoms with Gasteiger partial charge in [0.1, 0.15) is 6.54 Å². The summed E-state index contributed by atoms with van der Waals surface area (Å²) in [4.78, 5) is 24.7. The molecule has 2 heterocycles. The van der Waals surface area contributed by atoms with Crippen LogP contribution in [0.5, 0.6) is 11.5 Å². The molecule has 1 aliphatic rings. The lowest BCUT2D eigenvalue weighted by Gasteiger charge is -2.13. The van der Waals surface area contributed by atoms with Crippen LogP contribution in [-0.4, -0.2) is 23.1 Å². The molecule has 29 heavy (non-hydrogen) atoms. The molecule has 0 saturated heterocycles. The first-order chi connectivity index (χ1) is 14.0. The van der Waals surface area contributed by atoms with E-state index in [-0.39, 0.29) is 25.0 Å². The number of hydrogen-bond acceptors (Lipinski definition) is 4. The van der Waals surface area contributed by atoms with Crippen molar-refractivity contribution in [3.63, 3.8) is 0 Å². The molecule has 0 atom stereocenters. The van der Waals surface area contributed by atoms with Gasteiger partial charge in [-0.3, -0.25) is 9.59 Å². The lowest BCUT2D eigenvalue weighted by atomic mass is 10.1. The molecule has 4 rings (SSSR count). The standard InChI is InChI=1S/C23H22N2O4/c1-15-19(16(2)26)11-20(18-6-4-3-5-7-18)25(15)13-23(27)24-12-17-8-9-21-22(10-17)29-14-28-21/h3-11H,12-14H2,1-2H3,(H,24,27). The molecule has 0 fully saturated rings. The van der Waals surface area contributed by atoms with Crippen molar-refractivity contribution >= 4 is 11.7 Å². The fourth-order valence-corrected chi connectivity index (χ4v) is 3.50. The normalized spacial score (nSPS) is 12.1. The summed E-state index contributed by atoms with van der Waals surface area (Å²) in [6.07, 6.45) is 0. The van der Waals surface area contributed by atoms with Gasteiger partial charge in [0.05, 0.1) is 0 Å². The van der Waals surface area contributed by atoms with Crippen molar-refractivity contribution < 1.29 is 19.1 Å². The Balaban J connectivity index is 1.52. The summed E-state index contributed by atoms with van der Waals surface area (Å²) < 4.78 is 12.6. The molecule has 0 unspecified atom stereocenters. The van der Waals surface area contributed by atoms with Gasteiger partial charge in [0, 0.05) is 23.5 Å². The summed E-state index contributed by atoms with van der Waals surface area (Å²) in [5, 5.41) is 2.94. The van der Waals surface area contributed by atoms with Crippen molar-refractivity contribution in [2.75, 3.05) is 6.79 Å². The average molecular weight is 390 g/mol. The number of aromatic nitrogens is 1. The van der Waals surface area contributed by atoms with E-state index in [0.29, 0.717) is 23.6 Å². The maximum Gasteiger partial charge on any atom is 0.240 e. The van der Waals surface area contributed by atoms with E-state index in [4.69, 9.17) is 9.47 Å². The van der Waals surface area contributed by atoms with Crippen LogP contribution in [0.3, 0.4) is 0 Å². The van der Waals surface area contributed by atoms with Crippen molar-refractivity contribution in [1.82, 2.24) is 9.88 Å². The number of hydrogen-bond donors (Lipinski definition) is 1. The lowest BCUT2D eigenvalue weighted by Crippen LogP contribution is -2.27. The van der Waals surface area contributed by atoms with Crippen molar-refractivity contribution in [3.8, 4) is 22.8 Å². The number of Topliss-reactive ketones (excluding diaryl/α,β-unsaturated/α-hetero) is 1. The summed E-state index contributed by atoms with van der Waals surface area (Å²) in [7, 11) is 0. The van der Waals surface area contributed by atoms with Crippen molar-refractivity contribution in [1.29, 1.82) is 0 Å². The highest BCUT2D eigenvalue weighted by atomic mass is 16.7. The molecule has 3 aromatic rings. The number of carbonyl (C=O) groups is 2. The molecule has 6 heteroatoms. The van der Waals surface area contributed by atoms with Crippen LogP contribution in [0.4, 0.5) is 0 Å². The number of nitrogens with zero attached hydrogens (tertiary/aromatic N) is 1. The lowest BCUT2D eigenvalue weighted by molar-refractivity contribution is -0.121. The van der Waals surface area contributed by atoms with Crippen LogP contribution >= 0.6 is 0 Å². The summed E-state index contributed by atoms with van der Waals surface area (Å²) in [6.45, 7) is 4.15. The molecule has 0 saturated carbocycles. The van der Waals surface area contributed by atoms with Gasteiger partial charge in [0.25, 0.3) is 0 Å². The topological polar surface area (TPSA) is 69.6 Å². The van der Waals surface area contributed by atoms with E-state index in [2.05, 4.69) is 5.32 Å². The minimum atomic E-state index is -0.131. The van der Waals surface area contributed by atoms with Gasteiger partial charge in [-0.2, -0.15) is 0 Å². The Morgan fingerprint density at radius 2 is 1.79 bits per heavy atom. The third-order valence-corrected chi connectivity index (χ3v) is 5.04. The maximum absolute atomic E-state index is 12.7. The predicted molar refractivity (Wildman–Crippen MR) is 109 cm³/mol. The first-order valence-corrected chi connectivity index (χ1v) is 9.44. The second kappa shape index (κ2) is 7.83. The van der Waals surface area contributed by atoms with Gasteiger partial charge in [0.15, 0.2) is 17.3 Å². The van der Waals surface area contributed by atoms with E-state index >= 15 is 0 Å². The molecule has 148 valence electrons. The molecule has 0 radical (unpaired) electrons. The summed E-state index contributed by atoms with van der Waals surface area (Å²) >= 11 is 0. The Hall–Kier alpha value is -3.54. The van der Waals surface area contributed by atoms with E-state index in [1.54, 1.807) is 6.92 Å². The van der Waals surface area contributed by atoms with Crippen molar-refractivity contribution in [2.24, 2.45) is 0 Å². The Morgan fingerprint density at radius 1 is 1.03 bits per heavy atom. The molecular weight excluding hydrogens is 368 g/mol. The predicted octanol–water partition coefficient (Wildman–Crippen LogP) is 3.71. The summed E-state index contributed by atoms with van der Waals surface area (Å²) in [5.41, 5.74) is 4.17. The number of ketones is 1. The van der Waals surface area contributed by atoms with Gasteiger partial charge in [-0.15, -0.1) is 0 Å². The second-order valence-electron chi connectivity index (χ2n) is 7.00. The van der Waals surface area contributed by atoms with E-state index in [0.717, 1.165) is 22.5 Å². The molecule has 0 aliphatic carbocycles. The zero-order valence-corrected chi connectivity index (χ0v) is 16.4. The molecule has 2 aromatic carbocycles. The number of ether oxygens (including phenoxy) is 2. The fourth-order valence-electron chi connectivity index (χ4n) is 3.50. The first-order valence-electron chi connectivity index (χ1n) is 9.44. The molecule has 1 aromatic heterocycles. The van der Waals surface area contributed by atoms with Gasteiger partial charge >= 0.3 is 0 Å². The van der Waals surface area contributed by atoms with Crippen molar-refractivity contribution in [3.05, 3.63) is 71.4 Å². The molecule has 1 aliphatic heterocycles. The van der Waals surface area contributed by atoms with Crippen LogP contribution in [0.1, 0.15) is 28.5 Å². The highest BCUT2D eigenvalue weighted by molar-refractivity contribution is 5.97. The molecular formula is C23H22N2O4. The molecule has 0 bridgehead atoms. The molecule has 1 N–H and O–H groups in total. The Bertz CT molecular complexity index is 1070. The largest absolute Gasteiger partial charge is 0.454 e. The van der Waals surface area contributed by atoms with Gasteiger partial charge in [-0.1, -0.05) is 36.4 Å². The molecule has 6 nitrogen and oxygen atoms in total. The monoisotopic (exact) mass is 390 g/mol. The maximum atomic E-state index is 12.7. The molecule has 0 spiro atoms. The number of amides is 1. The highest BCUT2D eigenvalue weighted by Crippen LogP contribution is 2.32. The second-order valence-corrected chi connectivity index (χ2v) is 7.00. The van der Waals surface area contributed by atoms with Crippen molar-refractivity contribution in [2.45, 2.75) is 26.9 Å². The van der Waals surface area contributed by atoms with Crippen LogP contribution < -0.4 is 14.8 Å². The number of fused-ring (bicyclic) bond motifs is 1. The zero-order valence-electron chi connectivity index (χ0n) is 16.4. The fraction of sp³-hybridized carbons (Fsp3) is 0.217. The van der Waals surface area contributed by atoms with E-state index in [1.165, 1.54) is 0 Å². The Morgan fingerprint density at radius 3 is 2.55 bits per heavy atom. The van der Waals surface area contributed by atoms with Crippen LogP contribution in [0.2, 0.25) is 0 Å². The van der Waals surface area contributed by atoms with Crippen LogP contribution in [0.15, 0.2) is 54.6 Å². The van der Waals surface area contributed by atoms with E-state index < -0.39 is 0 Å². The van der Waals surface area contributed by atoms with Gasteiger partial charge in [0.2, 0.25) is 12.7 Å². The van der Waals surface area contributed by atoms with Gasteiger partial charge in [-0.05, 0) is 43.2 Å². The third-order valence-electron chi connectivity index (χ3n) is 5.04. The number of nitrogens with one attached hydrogen (secondary N) is 1. The average Bonchev–Trinajstić information content (AvgIpc) is 3.31. The van der Waals surface area contributed by atoms with Crippen LogP contribution in [-0.2, 0) is 17.9 Å². The van der Waals surface area contributed by atoms with E-state index in [9.17, 15) is 9.59 Å². The Labute approximate surface area is 169 Å². The van der Waals surface area contributed by atoms with Crippen LogP contribution in [0, 0.1) is 6.92 Å². The Kier molecular flexibility index (Phi) is 5.08.